The number of aromatic nitrogens is 4. The van der Waals surface area contributed by atoms with E-state index in [1.165, 1.54) is 0 Å². The number of fused-ring (bicyclic) bond motifs is 2. The number of hydrogen-bond acceptors (Lipinski definition) is 6. The van der Waals surface area contributed by atoms with Gasteiger partial charge in [0.05, 0.1) is 22.4 Å². The molecule has 5 N–H and O–H groups in total. The molecule has 158 valence electrons. The molecule has 0 aliphatic carbocycles. The number of nitrogen functional groups attached to an aromatic ring is 1. The molecule has 0 saturated carbocycles. The lowest BCUT2D eigenvalue weighted by atomic mass is 10.1. The Morgan fingerprint density at radius 2 is 1.84 bits per heavy atom. The van der Waals surface area contributed by atoms with Gasteiger partial charge in [-0.2, -0.15) is 0 Å². The van der Waals surface area contributed by atoms with Crippen molar-refractivity contribution in [1.82, 2.24) is 19.5 Å². The zero-order valence-electron chi connectivity index (χ0n) is 17.5. The molecule has 0 spiro atoms. The molecule has 0 aliphatic heterocycles. The Morgan fingerprint density at radius 3 is 2.56 bits per heavy atom. The smallest absolute Gasteiger partial charge is 0.254 e. The van der Waals surface area contributed by atoms with E-state index in [2.05, 4.69) is 4.98 Å². The number of rotatable bonds is 3. The SMILES string of the molecule is Cc1ccc(O)c(C)c1-n1c(N)c(C(N)=O)c2nc3cc(-c4ccccn4)ccc3nc21. The van der Waals surface area contributed by atoms with Crippen LogP contribution in [0.2, 0.25) is 0 Å². The highest BCUT2D eigenvalue weighted by molar-refractivity contribution is 6.10. The Kier molecular flexibility index (Phi) is 4.30. The van der Waals surface area contributed by atoms with Gasteiger partial charge in [0.1, 0.15) is 22.6 Å². The highest BCUT2D eigenvalue weighted by Crippen LogP contribution is 2.36. The maximum absolute atomic E-state index is 12.3. The highest BCUT2D eigenvalue weighted by Gasteiger charge is 2.25. The number of phenolic OH excluding ortho intramolecular Hbond substituents is 1. The number of nitrogens with two attached hydrogens (primary N) is 2. The summed E-state index contributed by atoms with van der Waals surface area (Å²) in [6.07, 6.45) is 1.72. The lowest BCUT2D eigenvalue weighted by Gasteiger charge is -2.15. The van der Waals surface area contributed by atoms with Crippen molar-refractivity contribution in [3.05, 3.63) is 71.4 Å². The standard InChI is InChI=1S/C24H20N6O2/c1-12-6-9-18(31)13(2)21(12)30-22(25)19(23(26)32)20-24(30)29-16-8-7-14(11-17(16)28-20)15-5-3-4-10-27-15/h3-11,31H,25H2,1-2H3,(H2,26,32). The molecule has 0 radical (unpaired) electrons. The number of pyridine rings is 1. The molecule has 0 aliphatic rings. The molecule has 0 unspecified atom stereocenters. The number of amides is 1. The first-order valence-electron chi connectivity index (χ1n) is 9.99. The van der Waals surface area contributed by atoms with Crippen molar-refractivity contribution in [3.8, 4) is 22.7 Å². The van der Waals surface area contributed by atoms with Gasteiger partial charge in [0, 0.05) is 17.3 Å². The summed E-state index contributed by atoms with van der Waals surface area (Å²) in [4.78, 5) is 26.2. The molecule has 1 amide bonds. The van der Waals surface area contributed by atoms with Gasteiger partial charge in [-0.1, -0.05) is 18.2 Å². The molecule has 3 aromatic heterocycles. The van der Waals surface area contributed by atoms with Crippen LogP contribution < -0.4 is 11.5 Å². The van der Waals surface area contributed by atoms with E-state index in [0.29, 0.717) is 33.4 Å². The second-order valence-electron chi connectivity index (χ2n) is 7.65. The minimum atomic E-state index is -0.698. The lowest BCUT2D eigenvalue weighted by Crippen LogP contribution is -2.14. The summed E-state index contributed by atoms with van der Waals surface area (Å²) < 4.78 is 1.64. The van der Waals surface area contributed by atoms with Crippen LogP contribution in [0.15, 0.2) is 54.7 Å². The quantitative estimate of drug-likeness (QED) is 0.405. The number of aromatic hydroxyl groups is 1. The van der Waals surface area contributed by atoms with Crippen molar-refractivity contribution < 1.29 is 9.90 Å². The summed E-state index contributed by atoms with van der Waals surface area (Å²) in [5.74, 6) is -0.456. The van der Waals surface area contributed by atoms with Gasteiger partial charge in [0.15, 0.2) is 5.65 Å². The molecule has 8 nitrogen and oxygen atoms in total. The van der Waals surface area contributed by atoms with E-state index in [-0.39, 0.29) is 17.1 Å². The van der Waals surface area contributed by atoms with Crippen LogP contribution in [0.25, 0.3) is 39.1 Å². The van der Waals surface area contributed by atoms with Gasteiger partial charge in [-0.25, -0.2) is 9.97 Å². The second-order valence-corrected chi connectivity index (χ2v) is 7.65. The number of hydrogen-bond donors (Lipinski definition) is 3. The summed E-state index contributed by atoms with van der Waals surface area (Å²) >= 11 is 0. The Balaban J connectivity index is 1.86. The van der Waals surface area contributed by atoms with E-state index < -0.39 is 5.91 Å². The molecule has 0 atom stereocenters. The van der Waals surface area contributed by atoms with Crippen LogP contribution in [0.4, 0.5) is 5.82 Å². The molecule has 0 bridgehead atoms. The largest absolute Gasteiger partial charge is 0.508 e. The van der Waals surface area contributed by atoms with Crippen LogP contribution in [-0.2, 0) is 0 Å². The minimum Gasteiger partial charge on any atom is -0.508 e. The highest BCUT2D eigenvalue weighted by atomic mass is 16.3. The van der Waals surface area contributed by atoms with Crippen LogP contribution in [-0.4, -0.2) is 30.5 Å². The third kappa shape index (κ3) is 2.84. The number of carbonyl (C=O) groups is 1. The maximum Gasteiger partial charge on any atom is 0.254 e. The topological polar surface area (TPSA) is 133 Å². The summed E-state index contributed by atoms with van der Waals surface area (Å²) in [5, 5.41) is 10.3. The third-order valence-corrected chi connectivity index (χ3v) is 5.63. The van der Waals surface area contributed by atoms with Crippen LogP contribution in [0.1, 0.15) is 21.5 Å². The van der Waals surface area contributed by atoms with E-state index in [1.807, 2.05) is 43.3 Å². The number of nitrogens with zero attached hydrogens (tertiary/aromatic N) is 4. The van der Waals surface area contributed by atoms with E-state index in [9.17, 15) is 9.90 Å². The summed E-state index contributed by atoms with van der Waals surface area (Å²) in [6.45, 7) is 3.67. The van der Waals surface area contributed by atoms with Gasteiger partial charge in [-0.05, 0) is 49.7 Å². The summed E-state index contributed by atoms with van der Waals surface area (Å²) in [6, 6.07) is 14.7. The van der Waals surface area contributed by atoms with E-state index in [0.717, 1.165) is 16.8 Å². The van der Waals surface area contributed by atoms with E-state index >= 15 is 0 Å². The normalized spacial score (nSPS) is 11.3. The Morgan fingerprint density at radius 1 is 1.03 bits per heavy atom. The van der Waals surface area contributed by atoms with Crippen LogP contribution in [0.3, 0.4) is 0 Å². The van der Waals surface area contributed by atoms with Gasteiger partial charge >= 0.3 is 0 Å². The molecule has 0 fully saturated rings. The minimum absolute atomic E-state index is 0.0970. The van der Waals surface area contributed by atoms with Gasteiger partial charge in [0.2, 0.25) is 0 Å². The predicted molar refractivity (Wildman–Crippen MR) is 124 cm³/mol. The van der Waals surface area contributed by atoms with Crippen molar-refractivity contribution in [2.75, 3.05) is 5.73 Å². The first-order valence-corrected chi connectivity index (χ1v) is 9.99. The van der Waals surface area contributed by atoms with Crippen molar-refractivity contribution in [1.29, 1.82) is 0 Å². The van der Waals surface area contributed by atoms with Gasteiger partial charge in [0.25, 0.3) is 5.91 Å². The molecule has 0 saturated heterocycles. The van der Waals surface area contributed by atoms with Gasteiger partial charge in [-0.3, -0.25) is 14.3 Å². The summed E-state index contributed by atoms with van der Waals surface area (Å²) in [7, 11) is 0. The summed E-state index contributed by atoms with van der Waals surface area (Å²) in [5.41, 5.74) is 17.9. The fourth-order valence-electron chi connectivity index (χ4n) is 4.05. The third-order valence-electron chi connectivity index (χ3n) is 5.63. The number of anilines is 1. The first-order chi connectivity index (χ1) is 15.4. The van der Waals surface area contributed by atoms with Crippen molar-refractivity contribution >= 4 is 33.9 Å². The zero-order chi connectivity index (χ0) is 22.6. The monoisotopic (exact) mass is 424 g/mol. The van der Waals surface area contributed by atoms with Gasteiger partial charge in [-0.15, -0.1) is 0 Å². The second kappa shape index (κ2) is 7.05. The van der Waals surface area contributed by atoms with Gasteiger partial charge < -0.3 is 16.6 Å². The molecular weight excluding hydrogens is 404 g/mol. The number of aryl methyl sites for hydroxylation is 1. The molecule has 2 aromatic carbocycles. The van der Waals surface area contributed by atoms with Crippen molar-refractivity contribution in [2.24, 2.45) is 5.73 Å². The number of phenols is 1. The van der Waals surface area contributed by atoms with Crippen LogP contribution in [0, 0.1) is 13.8 Å². The average molecular weight is 424 g/mol. The molecule has 3 heterocycles. The van der Waals surface area contributed by atoms with Crippen LogP contribution >= 0.6 is 0 Å². The molecule has 32 heavy (non-hydrogen) atoms. The predicted octanol–water partition coefficient (Wildman–Crippen LogP) is 3.64. The average Bonchev–Trinajstić information content (AvgIpc) is 3.06. The Bertz CT molecular complexity index is 1540. The first kappa shape index (κ1) is 19.5. The zero-order valence-corrected chi connectivity index (χ0v) is 17.5. The number of primary amides is 1. The molecule has 5 aromatic rings. The van der Waals surface area contributed by atoms with E-state index in [1.54, 1.807) is 29.8 Å². The maximum atomic E-state index is 12.3. The fraction of sp³-hybridized carbons (Fsp3) is 0.0833. The lowest BCUT2D eigenvalue weighted by molar-refractivity contribution is 0.100. The Labute approximate surface area is 183 Å². The fourth-order valence-corrected chi connectivity index (χ4v) is 4.05. The number of carbonyl (C=O) groups excluding carboxylic acids is 1. The van der Waals surface area contributed by atoms with Crippen molar-refractivity contribution in [2.45, 2.75) is 13.8 Å². The van der Waals surface area contributed by atoms with Crippen molar-refractivity contribution in [3.63, 3.8) is 0 Å². The molecule has 8 heteroatoms. The van der Waals surface area contributed by atoms with E-state index in [4.69, 9.17) is 21.4 Å². The molecular formula is C24H20N6O2. The Hall–Kier alpha value is -4.46. The van der Waals surface area contributed by atoms with Crippen LogP contribution in [0.5, 0.6) is 5.75 Å². The molecule has 5 rings (SSSR count). The number of benzene rings is 2.